The summed E-state index contributed by atoms with van der Waals surface area (Å²) >= 11 is 3.51. The topological polar surface area (TPSA) is 41.9 Å². The van der Waals surface area contributed by atoms with Crippen LogP contribution in [0.2, 0.25) is 0 Å². The smallest absolute Gasteiger partial charge is 0.161 e. The molecule has 1 aliphatic rings. The number of hydrogen-bond donors (Lipinski definition) is 1. The summed E-state index contributed by atoms with van der Waals surface area (Å²) in [6, 6.07) is 3.65. The average Bonchev–Trinajstić information content (AvgIpc) is 2.45. The van der Waals surface area contributed by atoms with Gasteiger partial charge in [-0.05, 0) is 44.0 Å². The first-order valence-electron chi connectivity index (χ1n) is 7.15. The predicted octanol–water partition coefficient (Wildman–Crippen LogP) is 2.82. The van der Waals surface area contributed by atoms with Crippen molar-refractivity contribution in [2.24, 2.45) is 0 Å². The van der Waals surface area contributed by atoms with Crippen LogP contribution in [-0.4, -0.2) is 49.5 Å². The molecule has 1 fully saturated rings. The van der Waals surface area contributed by atoms with Gasteiger partial charge in [0.15, 0.2) is 11.5 Å². The van der Waals surface area contributed by atoms with E-state index in [4.69, 9.17) is 9.47 Å². The molecule has 0 bridgehead atoms. The van der Waals surface area contributed by atoms with Crippen LogP contribution in [-0.2, 0) is 11.2 Å². The summed E-state index contributed by atoms with van der Waals surface area (Å²) in [4.78, 5) is 2.43. The number of phenols is 1. The molecule has 0 saturated carbocycles. The van der Waals surface area contributed by atoms with Crippen LogP contribution < -0.4 is 4.74 Å². The summed E-state index contributed by atoms with van der Waals surface area (Å²) in [7, 11) is 0. The zero-order valence-electron chi connectivity index (χ0n) is 11.9. The minimum absolute atomic E-state index is 0.190. The third-order valence-electron chi connectivity index (χ3n) is 3.45. The molecule has 1 N–H and O–H groups in total. The van der Waals surface area contributed by atoms with E-state index in [1.807, 2.05) is 13.0 Å². The van der Waals surface area contributed by atoms with Gasteiger partial charge in [-0.1, -0.05) is 15.9 Å². The Morgan fingerprint density at radius 2 is 2.10 bits per heavy atom. The number of nitrogens with zero attached hydrogens (tertiary/aromatic N) is 1. The Kier molecular flexibility index (Phi) is 6.13. The van der Waals surface area contributed by atoms with Gasteiger partial charge in [-0.15, -0.1) is 0 Å². The lowest BCUT2D eigenvalue weighted by Crippen LogP contribution is -2.36. The van der Waals surface area contributed by atoms with E-state index in [0.717, 1.165) is 50.2 Å². The summed E-state index contributed by atoms with van der Waals surface area (Å²) in [5.41, 5.74) is 1.18. The highest BCUT2D eigenvalue weighted by Crippen LogP contribution is 2.33. The lowest BCUT2D eigenvalue weighted by Gasteiger charge is -2.26. The molecule has 112 valence electrons. The van der Waals surface area contributed by atoms with Crippen LogP contribution in [0.5, 0.6) is 11.5 Å². The molecule has 0 radical (unpaired) electrons. The van der Waals surface area contributed by atoms with Gasteiger partial charge in [-0.2, -0.15) is 0 Å². The summed E-state index contributed by atoms with van der Waals surface area (Å²) < 4.78 is 11.7. The van der Waals surface area contributed by atoms with Crippen LogP contribution in [0.3, 0.4) is 0 Å². The number of phenolic OH excluding ortho intramolecular Hbond substituents is 1. The number of benzene rings is 1. The maximum atomic E-state index is 9.80. The van der Waals surface area contributed by atoms with Gasteiger partial charge in [0.1, 0.15) is 0 Å². The standard InChI is InChI=1S/C15H22BrNO3/c1-2-20-15-10-12(13(16)11-14(15)18)4-3-5-17-6-8-19-9-7-17/h10-11,18H,2-9H2,1H3. The van der Waals surface area contributed by atoms with E-state index in [0.29, 0.717) is 12.4 Å². The number of ether oxygens (including phenoxy) is 2. The minimum atomic E-state index is 0.190. The fourth-order valence-corrected chi connectivity index (χ4v) is 2.90. The molecule has 1 aromatic rings. The lowest BCUT2D eigenvalue weighted by atomic mass is 10.1. The van der Waals surface area contributed by atoms with E-state index in [1.165, 1.54) is 5.56 Å². The number of morpholine rings is 1. The van der Waals surface area contributed by atoms with E-state index in [-0.39, 0.29) is 5.75 Å². The Morgan fingerprint density at radius 3 is 2.80 bits per heavy atom. The molecule has 0 unspecified atom stereocenters. The molecule has 1 heterocycles. The van der Waals surface area contributed by atoms with Crippen molar-refractivity contribution in [3.05, 3.63) is 22.2 Å². The molecular formula is C15H22BrNO3. The maximum absolute atomic E-state index is 9.80. The van der Waals surface area contributed by atoms with Crippen LogP contribution in [0.4, 0.5) is 0 Å². The fourth-order valence-electron chi connectivity index (χ4n) is 2.37. The summed E-state index contributed by atoms with van der Waals surface area (Å²) in [5.74, 6) is 0.757. The highest BCUT2D eigenvalue weighted by Gasteiger charge is 2.12. The molecule has 4 nitrogen and oxygen atoms in total. The van der Waals surface area contributed by atoms with Gasteiger partial charge in [0, 0.05) is 17.6 Å². The predicted molar refractivity (Wildman–Crippen MR) is 82.6 cm³/mol. The molecule has 1 saturated heterocycles. The minimum Gasteiger partial charge on any atom is -0.504 e. The van der Waals surface area contributed by atoms with E-state index in [1.54, 1.807) is 6.07 Å². The molecule has 0 aliphatic carbocycles. The third-order valence-corrected chi connectivity index (χ3v) is 4.19. The highest BCUT2D eigenvalue weighted by molar-refractivity contribution is 9.10. The second kappa shape index (κ2) is 7.86. The second-order valence-corrected chi connectivity index (χ2v) is 5.76. The molecular weight excluding hydrogens is 322 g/mol. The molecule has 20 heavy (non-hydrogen) atoms. The maximum Gasteiger partial charge on any atom is 0.161 e. The molecule has 1 aromatic carbocycles. The van der Waals surface area contributed by atoms with Crippen molar-refractivity contribution in [1.29, 1.82) is 0 Å². The van der Waals surface area contributed by atoms with E-state index in [2.05, 4.69) is 20.8 Å². The first-order chi connectivity index (χ1) is 9.70. The van der Waals surface area contributed by atoms with Crippen molar-refractivity contribution in [2.75, 3.05) is 39.5 Å². The second-order valence-electron chi connectivity index (χ2n) is 4.90. The van der Waals surface area contributed by atoms with Crippen LogP contribution in [0.15, 0.2) is 16.6 Å². The van der Waals surface area contributed by atoms with E-state index >= 15 is 0 Å². The molecule has 0 amide bonds. The van der Waals surface area contributed by atoms with Crippen molar-refractivity contribution in [3.8, 4) is 11.5 Å². The molecule has 2 rings (SSSR count). The Balaban J connectivity index is 1.89. The molecule has 0 atom stereocenters. The van der Waals surface area contributed by atoms with Crippen LogP contribution in [0.1, 0.15) is 18.9 Å². The van der Waals surface area contributed by atoms with Gasteiger partial charge < -0.3 is 14.6 Å². The fraction of sp³-hybridized carbons (Fsp3) is 0.600. The Bertz CT molecular complexity index is 433. The van der Waals surface area contributed by atoms with Gasteiger partial charge in [0.25, 0.3) is 0 Å². The molecule has 5 heteroatoms. The monoisotopic (exact) mass is 343 g/mol. The Labute approximate surface area is 128 Å². The first kappa shape index (κ1) is 15.6. The molecule has 0 spiro atoms. The first-order valence-corrected chi connectivity index (χ1v) is 7.94. The van der Waals surface area contributed by atoms with Crippen LogP contribution in [0.25, 0.3) is 0 Å². The largest absolute Gasteiger partial charge is 0.504 e. The summed E-state index contributed by atoms with van der Waals surface area (Å²) in [6.07, 6.45) is 2.06. The number of rotatable bonds is 6. The summed E-state index contributed by atoms with van der Waals surface area (Å²) in [6.45, 7) is 7.30. The Morgan fingerprint density at radius 1 is 1.35 bits per heavy atom. The number of aromatic hydroxyl groups is 1. The average molecular weight is 344 g/mol. The molecule has 0 aromatic heterocycles. The van der Waals surface area contributed by atoms with Crippen molar-refractivity contribution in [1.82, 2.24) is 4.90 Å². The van der Waals surface area contributed by atoms with Crippen molar-refractivity contribution in [2.45, 2.75) is 19.8 Å². The zero-order chi connectivity index (χ0) is 14.4. The Hall–Kier alpha value is -0.780. The number of hydrogen-bond acceptors (Lipinski definition) is 4. The SMILES string of the molecule is CCOc1cc(CCCN2CCOCC2)c(Br)cc1O. The molecule has 1 aliphatic heterocycles. The zero-order valence-corrected chi connectivity index (χ0v) is 13.5. The van der Waals surface area contributed by atoms with Gasteiger partial charge in [-0.25, -0.2) is 0 Å². The van der Waals surface area contributed by atoms with Crippen LogP contribution >= 0.6 is 15.9 Å². The summed E-state index contributed by atoms with van der Waals surface area (Å²) in [5, 5.41) is 9.80. The number of aryl methyl sites for hydroxylation is 1. The number of halogens is 1. The van der Waals surface area contributed by atoms with E-state index in [9.17, 15) is 5.11 Å². The van der Waals surface area contributed by atoms with Gasteiger partial charge in [0.2, 0.25) is 0 Å². The van der Waals surface area contributed by atoms with Gasteiger partial charge in [0.05, 0.1) is 19.8 Å². The quantitative estimate of drug-likeness (QED) is 0.862. The van der Waals surface area contributed by atoms with E-state index < -0.39 is 0 Å². The van der Waals surface area contributed by atoms with Crippen molar-refractivity contribution < 1.29 is 14.6 Å². The van der Waals surface area contributed by atoms with Gasteiger partial charge in [-0.3, -0.25) is 4.90 Å². The van der Waals surface area contributed by atoms with Crippen molar-refractivity contribution in [3.63, 3.8) is 0 Å². The van der Waals surface area contributed by atoms with Crippen molar-refractivity contribution >= 4 is 15.9 Å². The third kappa shape index (κ3) is 4.36. The normalized spacial score (nSPS) is 16.3. The highest BCUT2D eigenvalue weighted by atomic mass is 79.9. The van der Waals surface area contributed by atoms with Gasteiger partial charge >= 0.3 is 0 Å². The van der Waals surface area contributed by atoms with Crippen LogP contribution in [0, 0.1) is 0 Å². The lowest BCUT2D eigenvalue weighted by molar-refractivity contribution is 0.0374.